The summed E-state index contributed by atoms with van der Waals surface area (Å²) in [6.07, 6.45) is 11.3. The van der Waals surface area contributed by atoms with Crippen molar-refractivity contribution in [3.05, 3.63) is 23.3 Å². The Morgan fingerprint density at radius 2 is 1.73 bits per heavy atom. The lowest BCUT2D eigenvalue weighted by Gasteiger charge is -2.20. The Kier molecular flexibility index (Phi) is 5.14. The van der Waals surface area contributed by atoms with Crippen LogP contribution in [0.1, 0.15) is 59.8 Å². The largest absolute Gasteiger partial charge is 0.0853 e. The number of hydrogen-bond donors (Lipinski definition) is 0. The molecule has 0 aromatic heterocycles. The first-order chi connectivity index (χ1) is 7.09. The van der Waals surface area contributed by atoms with Gasteiger partial charge in [0.25, 0.3) is 0 Å². The van der Waals surface area contributed by atoms with Crippen molar-refractivity contribution in [3.63, 3.8) is 0 Å². The van der Waals surface area contributed by atoms with E-state index in [0.717, 1.165) is 11.8 Å². The maximum atomic E-state index is 2.47. The Morgan fingerprint density at radius 1 is 1.07 bits per heavy atom. The highest BCUT2D eigenvalue weighted by atomic mass is 14.2. The van der Waals surface area contributed by atoms with Crippen LogP contribution in [0, 0.1) is 11.8 Å². The molecule has 1 rings (SSSR count). The monoisotopic (exact) mass is 206 g/mol. The van der Waals surface area contributed by atoms with Crippen LogP contribution in [0.25, 0.3) is 0 Å². The first-order valence-corrected chi connectivity index (χ1v) is 6.41. The Morgan fingerprint density at radius 3 is 2.40 bits per heavy atom. The van der Waals surface area contributed by atoms with Gasteiger partial charge in [0, 0.05) is 0 Å². The summed E-state index contributed by atoms with van der Waals surface area (Å²) in [6, 6.07) is 0. The predicted octanol–water partition coefficient (Wildman–Crippen LogP) is 5.12. The van der Waals surface area contributed by atoms with Crippen LogP contribution in [0.15, 0.2) is 23.3 Å². The maximum absolute atomic E-state index is 2.47. The maximum Gasteiger partial charge on any atom is -0.0288 e. The summed E-state index contributed by atoms with van der Waals surface area (Å²) in [5.74, 6) is 1.70. The van der Waals surface area contributed by atoms with Gasteiger partial charge in [0.05, 0.1) is 0 Å². The van der Waals surface area contributed by atoms with Gasteiger partial charge in [-0.05, 0) is 57.8 Å². The van der Waals surface area contributed by atoms with E-state index in [1.165, 1.54) is 32.1 Å². The fourth-order valence-corrected chi connectivity index (χ4v) is 2.24. The lowest BCUT2D eigenvalue weighted by molar-refractivity contribution is 0.361. The third-order valence-corrected chi connectivity index (χ3v) is 3.65. The Hall–Kier alpha value is -0.520. The van der Waals surface area contributed by atoms with Crippen molar-refractivity contribution in [2.75, 3.05) is 0 Å². The van der Waals surface area contributed by atoms with E-state index in [0.29, 0.717) is 0 Å². The van der Waals surface area contributed by atoms with Crippen molar-refractivity contribution in [2.24, 2.45) is 11.8 Å². The summed E-state index contributed by atoms with van der Waals surface area (Å²) in [5, 5.41) is 0. The first kappa shape index (κ1) is 12.5. The van der Waals surface area contributed by atoms with E-state index in [4.69, 9.17) is 0 Å². The van der Waals surface area contributed by atoms with Gasteiger partial charge in [-0.2, -0.15) is 0 Å². The molecule has 0 bridgehead atoms. The zero-order chi connectivity index (χ0) is 11.3. The van der Waals surface area contributed by atoms with E-state index >= 15 is 0 Å². The molecule has 15 heavy (non-hydrogen) atoms. The zero-order valence-corrected chi connectivity index (χ0v) is 10.8. The third kappa shape index (κ3) is 4.68. The quantitative estimate of drug-likeness (QED) is 0.523. The normalized spacial score (nSPS) is 31.7. The molecule has 0 saturated carbocycles. The zero-order valence-electron chi connectivity index (χ0n) is 10.8. The van der Waals surface area contributed by atoms with Gasteiger partial charge in [-0.25, -0.2) is 0 Å². The Balaban J connectivity index is 2.66. The van der Waals surface area contributed by atoms with Crippen molar-refractivity contribution in [1.82, 2.24) is 0 Å². The molecule has 1 aliphatic rings. The summed E-state index contributed by atoms with van der Waals surface area (Å²) in [7, 11) is 0. The second-order valence-electron chi connectivity index (χ2n) is 5.42. The van der Waals surface area contributed by atoms with Gasteiger partial charge >= 0.3 is 0 Å². The van der Waals surface area contributed by atoms with Crippen LogP contribution in [0.5, 0.6) is 0 Å². The minimum Gasteiger partial charge on any atom is -0.0853 e. The molecule has 0 aromatic rings. The molecule has 0 spiro atoms. The molecule has 0 nitrogen and oxygen atoms in total. The number of allylic oxidation sites excluding steroid dienone is 4. The molecular weight excluding hydrogens is 180 g/mol. The predicted molar refractivity (Wildman–Crippen MR) is 68.9 cm³/mol. The van der Waals surface area contributed by atoms with Gasteiger partial charge in [0.15, 0.2) is 0 Å². The molecule has 1 atom stereocenters. The molecule has 0 fully saturated rings. The van der Waals surface area contributed by atoms with Crippen LogP contribution < -0.4 is 0 Å². The van der Waals surface area contributed by atoms with Gasteiger partial charge < -0.3 is 0 Å². The number of hydrogen-bond acceptors (Lipinski definition) is 0. The fraction of sp³-hybridized carbons (Fsp3) is 0.733. The molecular formula is C15H26. The first-order valence-electron chi connectivity index (χ1n) is 6.41. The highest BCUT2D eigenvalue weighted by Gasteiger charge is 2.12. The highest BCUT2D eigenvalue weighted by molar-refractivity contribution is 5.06. The van der Waals surface area contributed by atoms with Crippen LogP contribution in [0.3, 0.4) is 0 Å². The molecule has 1 aliphatic carbocycles. The van der Waals surface area contributed by atoms with Crippen molar-refractivity contribution < 1.29 is 0 Å². The molecule has 1 unspecified atom stereocenters. The van der Waals surface area contributed by atoms with Gasteiger partial charge in [-0.3, -0.25) is 0 Å². The summed E-state index contributed by atoms with van der Waals surface area (Å²) in [4.78, 5) is 0. The minimum absolute atomic E-state index is 0.821. The third-order valence-electron chi connectivity index (χ3n) is 3.65. The molecule has 86 valence electrons. The lowest BCUT2D eigenvalue weighted by atomic mass is 9.85. The molecule has 0 N–H and O–H groups in total. The van der Waals surface area contributed by atoms with Crippen molar-refractivity contribution in [3.8, 4) is 0 Å². The van der Waals surface area contributed by atoms with E-state index in [2.05, 4.69) is 39.8 Å². The smallest absolute Gasteiger partial charge is 0.0288 e. The van der Waals surface area contributed by atoms with Crippen molar-refractivity contribution in [1.29, 1.82) is 0 Å². The second-order valence-corrected chi connectivity index (χ2v) is 5.42. The van der Waals surface area contributed by atoms with E-state index in [-0.39, 0.29) is 0 Å². The summed E-state index contributed by atoms with van der Waals surface area (Å²) in [6.45, 7) is 9.29. The molecule has 0 radical (unpaired) electrons. The molecule has 0 saturated heterocycles. The average Bonchev–Trinajstić information content (AvgIpc) is 2.16. The van der Waals surface area contributed by atoms with Crippen LogP contribution in [0.2, 0.25) is 0 Å². The highest BCUT2D eigenvalue weighted by Crippen LogP contribution is 2.26. The Bertz CT molecular complexity index is 243. The molecule has 0 aliphatic heterocycles. The van der Waals surface area contributed by atoms with Crippen molar-refractivity contribution in [2.45, 2.75) is 59.8 Å². The summed E-state index contributed by atoms with van der Waals surface area (Å²) < 4.78 is 0. The molecule has 0 amide bonds. The van der Waals surface area contributed by atoms with Gasteiger partial charge in [0.2, 0.25) is 0 Å². The van der Waals surface area contributed by atoms with Crippen molar-refractivity contribution >= 4 is 0 Å². The summed E-state index contributed by atoms with van der Waals surface area (Å²) in [5.41, 5.74) is 3.17. The second kappa shape index (κ2) is 6.15. The van der Waals surface area contributed by atoms with Crippen LogP contribution >= 0.6 is 0 Å². The van der Waals surface area contributed by atoms with E-state index in [1.54, 1.807) is 11.1 Å². The standard InChI is InChI=1S/C15H26/c1-12(2)15-10-8-13(3)6-5-7-14(4)9-11-15/h6,9,12,15H,5,7-8,10-11H2,1-4H3/b13-6+,14-9-. The van der Waals surface area contributed by atoms with E-state index in [9.17, 15) is 0 Å². The minimum atomic E-state index is 0.821. The van der Waals surface area contributed by atoms with Crippen LogP contribution in [0.4, 0.5) is 0 Å². The van der Waals surface area contributed by atoms with E-state index in [1.807, 2.05) is 0 Å². The number of rotatable bonds is 1. The summed E-state index contributed by atoms with van der Waals surface area (Å²) >= 11 is 0. The van der Waals surface area contributed by atoms with Gasteiger partial charge in [0.1, 0.15) is 0 Å². The topological polar surface area (TPSA) is 0 Å². The van der Waals surface area contributed by atoms with Crippen LogP contribution in [-0.4, -0.2) is 0 Å². The lowest BCUT2D eigenvalue weighted by Crippen LogP contribution is -2.08. The van der Waals surface area contributed by atoms with Gasteiger partial charge in [-0.15, -0.1) is 0 Å². The molecule has 0 heterocycles. The molecule has 0 aromatic carbocycles. The fourth-order valence-electron chi connectivity index (χ4n) is 2.24. The van der Waals surface area contributed by atoms with Crippen LogP contribution in [-0.2, 0) is 0 Å². The van der Waals surface area contributed by atoms with E-state index < -0.39 is 0 Å². The molecule has 0 heteroatoms. The van der Waals surface area contributed by atoms with Gasteiger partial charge in [-0.1, -0.05) is 37.1 Å². The average molecular weight is 206 g/mol. The Labute approximate surface area is 95.5 Å². The SMILES string of the molecule is C/C1=C/CC(C(C)C)CC/C(C)=C/CC1.